The van der Waals surface area contributed by atoms with Crippen molar-refractivity contribution in [1.29, 1.82) is 5.26 Å². The van der Waals surface area contributed by atoms with Crippen LogP contribution >= 0.6 is 15.9 Å². The van der Waals surface area contributed by atoms with E-state index in [2.05, 4.69) is 21.2 Å². The van der Waals surface area contributed by atoms with Crippen LogP contribution in [0.4, 0.5) is 14.5 Å². The molecule has 2 aromatic carbocycles. The number of carbonyl (C=O) groups excluding carboxylic acids is 1. The van der Waals surface area contributed by atoms with E-state index in [0.29, 0.717) is 4.47 Å². The third-order valence-electron chi connectivity index (χ3n) is 2.90. The van der Waals surface area contributed by atoms with Gasteiger partial charge in [-0.3, -0.25) is 4.79 Å². The largest absolute Gasteiger partial charge is 0.322 e. The van der Waals surface area contributed by atoms with Gasteiger partial charge < -0.3 is 5.32 Å². The molecule has 0 aliphatic rings. The van der Waals surface area contributed by atoms with E-state index in [1.807, 2.05) is 0 Å². The molecule has 0 aromatic heterocycles. The highest BCUT2D eigenvalue weighted by Crippen LogP contribution is 2.22. The standard InChI is InChI=1S/C15H9BrF2N2O/c1-8-12(17)4-9(7-19)5-14(8)20-15(21)11-3-2-10(16)6-13(11)18/h2-6H,1H3,(H,20,21). The topological polar surface area (TPSA) is 52.9 Å². The van der Waals surface area contributed by atoms with Crippen molar-refractivity contribution in [3.8, 4) is 6.07 Å². The van der Waals surface area contributed by atoms with Crippen LogP contribution in [0, 0.1) is 29.9 Å². The fraction of sp³-hybridized carbons (Fsp3) is 0.0667. The van der Waals surface area contributed by atoms with Crippen LogP contribution in [0.1, 0.15) is 21.5 Å². The van der Waals surface area contributed by atoms with E-state index < -0.39 is 17.5 Å². The first-order valence-electron chi connectivity index (χ1n) is 5.89. The molecular weight excluding hydrogens is 342 g/mol. The lowest BCUT2D eigenvalue weighted by molar-refractivity contribution is 0.102. The molecule has 0 saturated carbocycles. The first-order chi connectivity index (χ1) is 9.92. The van der Waals surface area contributed by atoms with E-state index in [9.17, 15) is 13.6 Å². The lowest BCUT2D eigenvalue weighted by Gasteiger charge is -2.10. The Morgan fingerprint density at radius 1 is 1.24 bits per heavy atom. The SMILES string of the molecule is Cc1c(F)cc(C#N)cc1NC(=O)c1ccc(Br)cc1F. The molecule has 0 fully saturated rings. The number of amides is 1. The summed E-state index contributed by atoms with van der Waals surface area (Å²) in [5, 5.41) is 11.2. The van der Waals surface area contributed by atoms with Crippen LogP contribution in [-0.4, -0.2) is 5.91 Å². The Hall–Kier alpha value is -2.26. The minimum Gasteiger partial charge on any atom is -0.322 e. The molecule has 106 valence electrons. The van der Waals surface area contributed by atoms with E-state index >= 15 is 0 Å². The monoisotopic (exact) mass is 350 g/mol. The predicted molar refractivity (Wildman–Crippen MR) is 77.9 cm³/mol. The zero-order chi connectivity index (χ0) is 15.6. The Bertz CT molecular complexity index is 769. The van der Waals surface area contributed by atoms with Crippen molar-refractivity contribution in [2.45, 2.75) is 6.92 Å². The van der Waals surface area contributed by atoms with Crippen molar-refractivity contribution in [3.05, 3.63) is 63.1 Å². The summed E-state index contributed by atoms with van der Waals surface area (Å²) in [4.78, 5) is 12.0. The Labute approximate surface area is 128 Å². The summed E-state index contributed by atoms with van der Waals surface area (Å²) >= 11 is 3.09. The van der Waals surface area contributed by atoms with Gasteiger partial charge in [-0.1, -0.05) is 15.9 Å². The molecule has 1 N–H and O–H groups in total. The van der Waals surface area contributed by atoms with E-state index in [0.717, 1.165) is 12.1 Å². The molecule has 1 amide bonds. The van der Waals surface area contributed by atoms with Crippen molar-refractivity contribution in [3.63, 3.8) is 0 Å². The summed E-state index contributed by atoms with van der Waals surface area (Å²) in [5.74, 6) is -2.02. The van der Waals surface area contributed by atoms with Gasteiger partial charge in [0.15, 0.2) is 0 Å². The van der Waals surface area contributed by atoms with Gasteiger partial charge in [0, 0.05) is 15.7 Å². The van der Waals surface area contributed by atoms with Crippen LogP contribution in [-0.2, 0) is 0 Å². The fourth-order valence-electron chi connectivity index (χ4n) is 1.74. The van der Waals surface area contributed by atoms with E-state index in [1.165, 1.54) is 25.1 Å². The number of carbonyl (C=O) groups is 1. The zero-order valence-corrected chi connectivity index (χ0v) is 12.5. The lowest BCUT2D eigenvalue weighted by atomic mass is 10.1. The van der Waals surface area contributed by atoms with Gasteiger partial charge in [-0.05, 0) is 37.3 Å². The van der Waals surface area contributed by atoms with Crippen LogP contribution in [0.2, 0.25) is 0 Å². The maximum absolute atomic E-state index is 13.7. The summed E-state index contributed by atoms with van der Waals surface area (Å²) < 4.78 is 27.8. The number of benzene rings is 2. The molecule has 21 heavy (non-hydrogen) atoms. The number of halogens is 3. The number of hydrogen-bond donors (Lipinski definition) is 1. The predicted octanol–water partition coefficient (Wildman–Crippen LogP) is 4.16. The first-order valence-corrected chi connectivity index (χ1v) is 6.68. The molecule has 0 radical (unpaired) electrons. The molecule has 0 unspecified atom stereocenters. The molecule has 0 aliphatic heterocycles. The van der Waals surface area contributed by atoms with Gasteiger partial charge in [0.1, 0.15) is 11.6 Å². The van der Waals surface area contributed by atoms with Gasteiger partial charge in [0.05, 0.1) is 17.2 Å². The molecule has 0 atom stereocenters. The van der Waals surface area contributed by atoms with Crippen molar-refractivity contribution in [2.75, 3.05) is 5.32 Å². The van der Waals surface area contributed by atoms with Gasteiger partial charge in [-0.25, -0.2) is 8.78 Å². The van der Waals surface area contributed by atoms with Gasteiger partial charge >= 0.3 is 0 Å². The van der Waals surface area contributed by atoms with E-state index in [4.69, 9.17) is 5.26 Å². The second-order valence-corrected chi connectivity index (χ2v) is 5.24. The smallest absolute Gasteiger partial charge is 0.258 e. The highest BCUT2D eigenvalue weighted by Gasteiger charge is 2.15. The molecule has 0 aliphatic carbocycles. The number of nitrogens with zero attached hydrogens (tertiary/aromatic N) is 1. The molecule has 6 heteroatoms. The molecule has 0 heterocycles. The first kappa shape index (κ1) is 15.1. The molecule has 2 aromatic rings. The molecule has 0 spiro atoms. The number of hydrogen-bond acceptors (Lipinski definition) is 2. The maximum atomic E-state index is 13.7. The second kappa shape index (κ2) is 6.02. The second-order valence-electron chi connectivity index (χ2n) is 4.32. The highest BCUT2D eigenvalue weighted by atomic mass is 79.9. The van der Waals surface area contributed by atoms with Crippen LogP contribution in [0.15, 0.2) is 34.8 Å². The molecule has 0 saturated heterocycles. The van der Waals surface area contributed by atoms with Crippen LogP contribution < -0.4 is 5.32 Å². The minimum atomic E-state index is -0.711. The van der Waals surface area contributed by atoms with Crippen molar-refractivity contribution in [2.24, 2.45) is 0 Å². The van der Waals surface area contributed by atoms with Gasteiger partial charge in [0.2, 0.25) is 0 Å². The maximum Gasteiger partial charge on any atom is 0.258 e. The average Bonchev–Trinajstić information content (AvgIpc) is 2.43. The molecule has 0 bridgehead atoms. The Morgan fingerprint density at radius 2 is 1.95 bits per heavy atom. The zero-order valence-electron chi connectivity index (χ0n) is 10.9. The van der Waals surface area contributed by atoms with Crippen molar-refractivity contribution < 1.29 is 13.6 Å². The third kappa shape index (κ3) is 3.26. The average molecular weight is 351 g/mol. The fourth-order valence-corrected chi connectivity index (χ4v) is 2.07. The number of nitrogens with one attached hydrogen (secondary N) is 1. The van der Waals surface area contributed by atoms with Gasteiger partial charge in [-0.2, -0.15) is 5.26 Å². The number of rotatable bonds is 2. The highest BCUT2D eigenvalue weighted by molar-refractivity contribution is 9.10. The van der Waals surface area contributed by atoms with Crippen LogP contribution in [0.25, 0.3) is 0 Å². The lowest BCUT2D eigenvalue weighted by Crippen LogP contribution is -2.15. The van der Waals surface area contributed by atoms with Crippen LogP contribution in [0.3, 0.4) is 0 Å². The summed E-state index contributed by atoms with van der Waals surface area (Å²) in [6.07, 6.45) is 0. The van der Waals surface area contributed by atoms with Gasteiger partial charge in [0.25, 0.3) is 5.91 Å². The normalized spacial score (nSPS) is 10.0. The molecular formula is C15H9BrF2N2O. The summed E-state index contributed by atoms with van der Waals surface area (Å²) in [6.45, 7) is 1.46. The molecule has 2 rings (SSSR count). The van der Waals surface area contributed by atoms with Gasteiger partial charge in [-0.15, -0.1) is 0 Å². The van der Waals surface area contributed by atoms with Crippen molar-refractivity contribution in [1.82, 2.24) is 0 Å². The quantitative estimate of drug-likeness (QED) is 0.883. The third-order valence-corrected chi connectivity index (χ3v) is 3.39. The summed E-state index contributed by atoms with van der Waals surface area (Å²) in [5.41, 5.74) is 0.226. The number of anilines is 1. The summed E-state index contributed by atoms with van der Waals surface area (Å²) in [6, 6.07) is 8.21. The van der Waals surface area contributed by atoms with E-state index in [1.54, 1.807) is 6.07 Å². The number of nitriles is 1. The van der Waals surface area contributed by atoms with Crippen molar-refractivity contribution >= 4 is 27.5 Å². The Balaban J connectivity index is 2.36. The Kier molecular flexibility index (Phi) is 4.34. The van der Waals surface area contributed by atoms with E-state index in [-0.39, 0.29) is 22.4 Å². The molecule has 3 nitrogen and oxygen atoms in total. The summed E-state index contributed by atoms with van der Waals surface area (Å²) in [7, 11) is 0. The minimum absolute atomic E-state index is 0.0738. The van der Waals surface area contributed by atoms with Crippen LogP contribution in [0.5, 0.6) is 0 Å². The Morgan fingerprint density at radius 3 is 2.57 bits per heavy atom.